The Balaban J connectivity index is 1.87. The van der Waals surface area contributed by atoms with Gasteiger partial charge in [0.15, 0.2) is 5.78 Å². The molecule has 0 amide bonds. The van der Waals surface area contributed by atoms with Gasteiger partial charge >= 0.3 is 5.97 Å². The minimum atomic E-state index is -0.918. The maximum Gasteiger partial charge on any atom is 0.345 e. The number of aromatic carboxylic acids is 1. The standard InChI is InChI=1S/C18H14O3S/c1-11-3-2-4-13(7-11)15(19)9-12-5-6-16-14(8-12)10-17(22-16)18(20)21/h2-8,10H,9H2,1H3,(H,20,21). The first-order valence-electron chi connectivity index (χ1n) is 6.88. The first-order chi connectivity index (χ1) is 10.5. The molecule has 0 aliphatic carbocycles. The van der Waals surface area contributed by atoms with Crippen molar-refractivity contribution in [2.24, 2.45) is 0 Å². The van der Waals surface area contributed by atoms with Crippen LogP contribution < -0.4 is 0 Å². The Kier molecular flexibility index (Phi) is 3.77. The highest BCUT2D eigenvalue weighted by Crippen LogP contribution is 2.27. The molecular formula is C18H14O3S. The number of ketones is 1. The summed E-state index contributed by atoms with van der Waals surface area (Å²) in [6, 6.07) is 14.9. The van der Waals surface area contributed by atoms with Crippen molar-refractivity contribution in [2.45, 2.75) is 13.3 Å². The molecule has 0 fully saturated rings. The number of thiophene rings is 1. The third-order valence-corrected chi connectivity index (χ3v) is 4.60. The highest BCUT2D eigenvalue weighted by atomic mass is 32.1. The van der Waals surface area contributed by atoms with Crippen molar-refractivity contribution >= 4 is 33.2 Å². The van der Waals surface area contributed by atoms with Crippen molar-refractivity contribution in [2.75, 3.05) is 0 Å². The Morgan fingerprint density at radius 3 is 2.64 bits per heavy atom. The van der Waals surface area contributed by atoms with Gasteiger partial charge in [-0.05, 0) is 42.1 Å². The van der Waals surface area contributed by atoms with Crippen LogP contribution in [0.4, 0.5) is 0 Å². The number of rotatable bonds is 4. The number of fused-ring (bicyclic) bond motifs is 1. The van der Waals surface area contributed by atoms with Gasteiger partial charge in [0.1, 0.15) is 4.88 Å². The van der Waals surface area contributed by atoms with Gasteiger partial charge < -0.3 is 5.11 Å². The molecule has 4 heteroatoms. The molecule has 22 heavy (non-hydrogen) atoms. The van der Waals surface area contributed by atoms with E-state index in [2.05, 4.69) is 0 Å². The maximum absolute atomic E-state index is 12.3. The second-order valence-electron chi connectivity index (χ2n) is 5.26. The molecule has 0 aliphatic rings. The van der Waals surface area contributed by atoms with E-state index in [-0.39, 0.29) is 5.78 Å². The molecule has 1 N–H and O–H groups in total. The average Bonchev–Trinajstić information content (AvgIpc) is 2.90. The molecule has 0 unspecified atom stereocenters. The molecule has 0 atom stereocenters. The predicted molar refractivity (Wildman–Crippen MR) is 88.0 cm³/mol. The number of benzene rings is 2. The van der Waals surface area contributed by atoms with Gasteiger partial charge in [-0.25, -0.2) is 4.79 Å². The Bertz CT molecular complexity index is 877. The van der Waals surface area contributed by atoms with Gasteiger partial charge in [-0.15, -0.1) is 11.3 Å². The summed E-state index contributed by atoms with van der Waals surface area (Å²) in [5.41, 5.74) is 2.66. The normalized spacial score (nSPS) is 10.8. The number of carbonyl (C=O) groups is 2. The molecule has 1 aromatic heterocycles. The van der Waals surface area contributed by atoms with Crippen LogP contribution in [0.25, 0.3) is 10.1 Å². The molecule has 0 spiro atoms. The predicted octanol–water partition coefficient (Wildman–Crippen LogP) is 4.33. The van der Waals surface area contributed by atoms with Crippen molar-refractivity contribution in [1.29, 1.82) is 0 Å². The number of carboxylic acids is 1. The molecular weight excluding hydrogens is 296 g/mol. The summed E-state index contributed by atoms with van der Waals surface area (Å²) in [6.07, 6.45) is 0.317. The van der Waals surface area contributed by atoms with Crippen molar-refractivity contribution in [3.8, 4) is 0 Å². The van der Waals surface area contributed by atoms with Crippen LogP contribution in [0.1, 0.15) is 31.2 Å². The van der Waals surface area contributed by atoms with Crippen molar-refractivity contribution in [3.63, 3.8) is 0 Å². The molecule has 3 rings (SSSR count). The van der Waals surface area contributed by atoms with Crippen LogP contribution in [-0.4, -0.2) is 16.9 Å². The van der Waals surface area contributed by atoms with E-state index in [1.807, 2.05) is 49.4 Å². The second-order valence-corrected chi connectivity index (χ2v) is 6.34. The van der Waals surface area contributed by atoms with Crippen LogP contribution in [-0.2, 0) is 6.42 Å². The van der Waals surface area contributed by atoms with Crippen LogP contribution in [0, 0.1) is 6.92 Å². The first kappa shape index (κ1) is 14.5. The lowest BCUT2D eigenvalue weighted by atomic mass is 10.0. The number of carbonyl (C=O) groups excluding carboxylic acids is 1. The van der Waals surface area contributed by atoms with E-state index in [1.54, 1.807) is 6.07 Å². The van der Waals surface area contributed by atoms with Gasteiger partial charge in [0.05, 0.1) is 0 Å². The maximum atomic E-state index is 12.3. The molecule has 3 nitrogen and oxygen atoms in total. The summed E-state index contributed by atoms with van der Waals surface area (Å²) in [5, 5.41) is 9.90. The number of carboxylic acid groups (broad SMARTS) is 1. The van der Waals surface area contributed by atoms with E-state index >= 15 is 0 Å². The first-order valence-corrected chi connectivity index (χ1v) is 7.70. The van der Waals surface area contributed by atoms with Gasteiger partial charge in [0.2, 0.25) is 0 Å². The Labute approximate surface area is 131 Å². The van der Waals surface area contributed by atoms with E-state index in [0.29, 0.717) is 16.9 Å². The minimum Gasteiger partial charge on any atom is -0.477 e. The Hall–Kier alpha value is -2.46. The molecule has 0 aliphatic heterocycles. The Morgan fingerprint density at radius 2 is 1.91 bits per heavy atom. The molecule has 1 heterocycles. The lowest BCUT2D eigenvalue weighted by Crippen LogP contribution is -2.03. The van der Waals surface area contributed by atoms with Gasteiger partial charge in [-0.2, -0.15) is 0 Å². The third kappa shape index (κ3) is 2.92. The van der Waals surface area contributed by atoms with Gasteiger partial charge in [0, 0.05) is 16.7 Å². The van der Waals surface area contributed by atoms with Crippen LogP contribution in [0.2, 0.25) is 0 Å². The molecule has 0 saturated heterocycles. The highest BCUT2D eigenvalue weighted by molar-refractivity contribution is 7.20. The number of hydrogen-bond donors (Lipinski definition) is 1. The molecule has 0 bridgehead atoms. The highest BCUT2D eigenvalue weighted by Gasteiger charge is 2.11. The summed E-state index contributed by atoms with van der Waals surface area (Å²) in [6.45, 7) is 1.96. The smallest absolute Gasteiger partial charge is 0.345 e. The molecule has 0 radical (unpaired) electrons. The minimum absolute atomic E-state index is 0.0664. The molecule has 0 saturated carbocycles. The summed E-state index contributed by atoms with van der Waals surface area (Å²) >= 11 is 1.25. The molecule has 3 aromatic rings. The average molecular weight is 310 g/mol. The fraction of sp³-hybridized carbons (Fsp3) is 0.111. The largest absolute Gasteiger partial charge is 0.477 e. The van der Waals surface area contributed by atoms with Crippen LogP contribution in [0.15, 0.2) is 48.5 Å². The number of hydrogen-bond acceptors (Lipinski definition) is 3. The second kappa shape index (κ2) is 5.73. The zero-order valence-corrected chi connectivity index (χ0v) is 12.8. The zero-order valence-electron chi connectivity index (χ0n) is 12.0. The van der Waals surface area contributed by atoms with E-state index in [4.69, 9.17) is 5.11 Å². The fourth-order valence-electron chi connectivity index (χ4n) is 2.41. The number of Topliss-reactive ketones (excluding diaryl/α,β-unsaturated/α-hetero) is 1. The van der Waals surface area contributed by atoms with Crippen LogP contribution in [0.5, 0.6) is 0 Å². The summed E-state index contributed by atoms with van der Waals surface area (Å²) in [4.78, 5) is 23.6. The molecule has 2 aromatic carbocycles. The van der Waals surface area contributed by atoms with E-state index in [9.17, 15) is 9.59 Å². The lowest BCUT2D eigenvalue weighted by molar-refractivity contribution is 0.0702. The van der Waals surface area contributed by atoms with Gasteiger partial charge in [-0.3, -0.25) is 4.79 Å². The van der Waals surface area contributed by atoms with Crippen LogP contribution >= 0.6 is 11.3 Å². The SMILES string of the molecule is Cc1cccc(C(=O)Cc2ccc3sc(C(=O)O)cc3c2)c1. The van der Waals surface area contributed by atoms with Crippen molar-refractivity contribution < 1.29 is 14.7 Å². The lowest BCUT2D eigenvalue weighted by Gasteiger charge is -2.03. The van der Waals surface area contributed by atoms with Gasteiger partial charge in [-0.1, -0.05) is 29.8 Å². The monoisotopic (exact) mass is 310 g/mol. The quantitative estimate of drug-likeness (QED) is 0.730. The fourth-order valence-corrected chi connectivity index (χ4v) is 3.30. The summed E-state index contributed by atoms with van der Waals surface area (Å²) in [5.74, 6) is -0.852. The summed E-state index contributed by atoms with van der Waals surface area (Å²) < 4.78 is 0.921. The topological polar surface area (TPSA) is 54.4 Å². The van der Waals surface area contributed by atoms with Gasteiger partial charge in [0.25, 0.3) is 0 Å². The van der Waals surface area contributed by atoms with Crippen molar-refractivity contribution in [1.82, 2.24) is 0 Å². The summed E-state index contributed by atoms with van der Waals surface area (Å²) in [7, 11) is 0. The Morgan fingerprint density at radius 1 is 1.09 bits per heavy atom. The third-order valence-electron chi connectivity index (χ3n) is 3.50. The van der Waals surface area contributed by atoms with E-state index in [1.165, 1.54) is 11.3 Å². The van der Waals surface area contributed by atoms with Crippen molar-refractivity contribution in [3.05, 3.63) is 70.1 Å². The van der Waals surface area contributed by atoms with Crippen LogP contribution in [0.3, 0.4) is 0 Å². The van der Waals surface area contributed by atoms with E-state index < -0.39 is 5.97 Å². The number of aryl methyl sites for hydroxylation is 1. The van der Waals surface area contributed by atoms with E-state index in [0.717, 1.165) is 21.2 Å². The molecule has 110 valence electrons. The zero-order chi connectivity index (χ0) is 15.7.